The van der Waals surface area contributed by atoms with Gasteiger partial charge in [0.15, 0.2) is 0 Å². The maximum atomic E-state index is 10.5. The molecule has 0 bridgehead atoms. The van der Waals surface area contributed by atoms with E-state index in [-0.39, 0.29) is 6.54 Å². The van der Waals surface area contributed by atoms with E-state index in [9.17, 15) is 4.79 Å². The first kappa shape index (κ1) is 12.0. The van der Waals surface area contributed by atoms with Crippen LogP contribution in [0.1, 0.15) is 0 Å². The quantitative estimate of drug-likeness (QED) is 0.933. The molecule has 2 rings (SSSR count). The Morgan fingerprint density at radius 3 is 2.53 bits per heavy atom. The van der Waals surface area contributed by atoms with Crippen molar-refractivity contribution in [3.05, 3.63) is 40.5 Å². The fourth-order valence-electron chi connectivity index (χ4n) is 1.42. The highest BCUT2D eigenvalue weighted by molar-refractivity contribution is 6.33. The third-order valence-corrected chi connectivity index (χ3v) is 2.66. The normalized spacial score (nSPS) is 10.5. The summed E-state index contributed by atoms with van der Waals surface area (Å²) in [5.41, 5.74) is 1.34. The van der Waals surface area contributed by atoms with E-state index in [0.717, 1.165) is 5.56 Å². The van der Waals surface area contributed by atoms with Crippen LogP contribution in [-0.2, 0) is 11.3 Å². The zero-order valence-corrected chi connectivity index (χ0v) is 10.1. The predicted molar refractivity (Wildman–Crippen MR) is 65.3 cm³/mol. The lowest BCUT2D eigenvalue weighted by Crippen LogP contribution is -2.08. The van der Waals surface area contributed by atoms with E-state index in [1.54, 1.807) is 24.3 Å². The van der Waals surface area contributed by atoms with Gasteiger partial charge in [0.2, 0.25) is 0 Å². The summed E-state index contributed by atoms with van der Waals surface area (Å²) in [6.45, 7) is -0.215. The zero-order chi connectivity index (χ0) is 12.4. The maximum Gasteiger partial charge on any atom is 0.325 e. The van der Waals surface area contributed by atoms with Crippen LogP contribution in [0.2, 0.25) is 10.0 Å². The number of aliphatic carboxylic acids is 1. The van der Waals surface area contributed by atoms with Crippen molar-refractivity contribution in [3.63, 3.8) is 0 Å². The van der Waals surface area contributed by atoms with Crippen molar-refractivity contribution in [2.24, 2.45) is 0 Å². The highest BCUT2D eigenvalue weighted by Crippen LogP contribution is 2.27. The van der Waals surface area contributed by atoms with Crippen molar-refractivity contribution in [2.45, 2.75) is 6.54 Å². The largest absolute Gasteiger partial charge is 0.480 e. The monoisotopic (exact) mass is 270 g/mol. The Bertz CT molecular complexity index is 549. The molecule has 1 aromatic heterocycles. The molecule has 88 valence electrons. The van der Waals surface area contributed by atoms with Crippen LogP contribution >= 0.6 is 23.2 Å². The van der Waals surface area contributed by atoms with Crippen molar-refractivity contribution in [1.82, 2.24) is 9.78 Å². The van der Waals surface area contributed by atoms with E-state index in [0.29, 0.717) is 15.7 Å². The van der Waals surface area contributed by atoms with Gasteiger partial charge in [0.05, 0.1) is 5.02 Å². The second kappa shape index (κ2) is 4.77. The van der Waals surface area contributed by atoms with Crippen molar-refractivity contribution in [2.75, 3.05) is 0 Å². The molecular formula is C11H8Cl2N2O2. The lowest BCUT2D eigenvalue weighted by atomic mass is 10.2. The van der Waals surface area contributed by atoms with Crippen LogP contribution in [-0.4, -0.2) is 20.9 Å². The predicted octanol–water partition coefficient (Wildman–Crippen LogP) is 2.94. The van der Waals surface area contributed by atoms with Gasteiger partial charge >= 0.3 is 5.97 Å². The molecule has 0 saturated carbocycles. The molecule has 1 N–H and O–H groups in total. The molecule has 0 amide bonds. The van der Waals surface area contributed by atoms with Crippen LogP contribution in [0, 0.1) is 0 Å². The number of carbonyl (C=O) groups is 1. The zero-order valence-electron chi connectivity index (χ0n) is 8.60. The first-order valence-corrected chi connectivity index (χ1v) is 5.52. The molecule has 0 aliphatic carbocycles. The Morgan fingerprint density at radius 1 is 1.29 bits per heavy atom. The summed E-state index contributed by atoms with van der Waals surface area (Å²) < 4.78 is 1.29. The molecule has 0 fully saturated rings. The minimum absolute atomic E-state index is 0.215. The number of nitrogens with zero attached hydrogens (tertiary/aromatic N) is 2. The molecule has 0 aliphatic heterocycles. The van der Waals surface area contributed by atoms with Gasteiger partial charge in [-0.15, -0.1) is 0 Å². The molecule has 17 heavy (non-hydrogen) atoms. The number of carboxylic acid groups (broad SMARTS) is 1. The van der Waals surface area contributed by atoms with Gasteiger partial charge in [0, 0.05) is 16.8 Å². The van der Waals surface area contributed by atoms with Gasteiger partial charge in [0.1, 0.15) is 12.2 Å². The number of aromatic nitrogens is 2. The molecule has 1 heterocycles. The van der Waals surface area contributed by atoms with E-state index < -0.39 is 5.97 Å². The number of hydrogen-bond donors (Lipinski definition) is 1. The summed E-state index contributed by atoms with van der Waals surface area (Å²) >= 11 is 11.8. The number of hydrogen-bond acceptors (Lipinski definition) is 2. The molecule has 0 saturated heterocycles. The lowest BCUT2D eigenvalue weighted by molar-refractivity contribution is -0.137. The summed E-state index contributed by atoms with van der Waals surface area (Å²) in [7, 11) is 0. The average molecular weight is 271 g/mol. The molecule has 4 nitrogen and oxygen atoms in total. The van der Waals surface area contributed by atoms with Crippen molar-refractivity contribution < 1.29 is 9.90 Å². The van der Waals surface area contributed by atoms with Crippen LogP contribution in [0.5, 0.6) is 0 Å². The van der Waals surface area contributed by atoms with E-state index in [4.69, 9.17) is 28.3 Å². The van der Waals surface area contributed by atoms with Gasteiger partial charge in [-0.2, -0.15) is 5.10 Å². The van der Waals surface area contributed by atoms with E-state index in [1.807, 2.05) is 0 Å². The van der Waals surface area contributed by atoms with Gasteiger partial charge in [0.25, 0.3) is 0 Å². The number of rotatable bonds is 3. The van der Waals surface area contributed by atoms with Crippen LogP contribution in [0.15, 0.2) is 30.5 Å². The highest BCUT2D eigenvalue weighted by atomic mass is 35.5. The Balaban J connectivity index is 2.35. The number of halogens is 2. The summed E-state index contributed by atoms with van der Waals surface area (Å²) in [6, 6.07) is 7.01. The average Bonchev–Trinajstić information content (AvgIpc) is 2.59. The minimum Gasteiger partial charge on any atom is -0.480 e. The Morgan fingerprint density at radius 2 is 1.94 bits per heavy atom. The third kappa shape index (κ3) is 2.78. The first-order valence-electron chi connectivity index (χ1n) is 4.77. The van der Waals surface area contributed by atoms with Crippen LogP contribution < -0.4 is 0 Å². The number of carboxylic acids is 1. The summed E-state index contributed by atoms with van der Waals surface area (Å²) in [5.74, 6) is -0.966. The van der Waals surface area contributed by atoms with Crippen molar-refractivity contribution in [3.8, 4) is 11.3 Å². The smallest absolute Gasteiger partial charge is 0.325 e. The van der Waals surface area contributed by atoms with Crippen molar-refractivity contribution in [1.29, 1.82) is 0 Å². The van der Waals surface area contributed by atoms with Gasteiger partial charge in [-0.3, -0.25) is 9.48 Å². The second-order valence-corrected chi connectivity index (χ2v) is 4.27. The van der Waals surface area contributed by atoms with E-state index in [1.165, 1.54) is 10.9 Å². The standard InChI is InChI=1S/C11H8Cl2N2O2/c12-8-3-1-7(2-4-8)11-9(13)5-15(14-11)6-10(16)17/h1-5H,6H2,(H,16,17). The minimum atomic E-state index is -0.966. The van der Waals surface area contributed by atoms with Crippen LogP contribution in [0.3, 0.4) is 0 Å². The van der Waals surface area contributed by atoms with Gasteiger partial charge in [-0.1, -0.05) is 35.3 Å². The molecule has 0 radical (unpaired) electrons. The van der Waals surface area contributed by atoms with Gasteiger partial charge < -0.3 is 5.11 Å². The second-order valence-electron chi connectivity index (χ2n) is 3.42. The fourth-order valence-corrected chi connectivity index (χ4v) is 1.81. The molecule has 0 unspecified atom stereocenters. The fraction of sp³-hybridized carbons (Fsp3) is 0.0909. The van der Waals surface area contributed by atoms with Gasteiger partial charge in [-0.05, 0) is 12.1 Å². The Hall–Kier alpha value is -1.52. The van der Waals surface area contributed by atoms with E-state index in [2.05, 4.69) is 5.10 Å². The van der Waals surface area contributed by atoms with Crippen molar-refractivity contribution >= 4 is 29.2 Å². The molecule has 0 spiro atoms. The third-order valence-electron chi connectivity index (χ3n) is 2.13. The Labute approximate surface area is 107 Å². The number of benzene rings is 1. The maximum absolute atomic E-state index is 10.5. The summed E-state index contributed by atoms with van der Waals surface area (Å²) in [5, 5.41) is 13.8. The lowest BCUT2D eigenvalue weighted by Gasteiger charge is -1.98. The first-order chi connectivity index (χ1) is 8.06. The van der Waals surface area contributed by atoms with Crippen LogP contribution in [0.4, 0.5) is 0 Å². The summed E-state index contributed by atoms with van der Waals surface area (Å²) in [6.07, 6.45) is 1.49. The topological polar surface area (TPSA) is 55.1 Å². The summed E-state index contributed by atoms with van der Waals surface area (Å²) in [4.78, 5) is 10.5. The molecule has 6 heteroatoms. The highest BCUT2D eigenvalue weighted by Gasteiger charge is 2.10. The van der Waals surface area contributed by atoms with E-state index >= 15 is 0 Å². The Kier molecular flexibility index (Phi) is 3.36. The SMILES string of the molecule is O=C(O)Cn1cc(Cl)c(-c2ccc(Cl)cc2)n1. The van der Waals surface area contributed by atoms with Crippen LogP contribution in [0.25, 0.3) is 11.3 Å². The molecule has 0 atom stereocenters. The molecule has 1 aromatic carbocycles. The molecule has 0 aliphatic rings. The molecule has 2 aromatic rings. The molecular weight excluding hydrogens is 263 g/mol. The van der Waals surface area contributed by atoms with Gasteiger partial charge in [-0.25, -0.2) is 0 Å².